The molecule has 0 aromatic rings. The second-order valence-corrected chi connectivity index (χ2v) is 5.74. The molecule has 3 heteroatoms. The van der Waals surface area contributed by atoms with Crippen molar-refractivity contribution in [2.45, 2.75) is 51.9 Å². The Morgan fingerprint density at radius 2 is 2.24 bits per heavy atom. The van der Waals surface area contributed by atoms with E-state index in [-0.39, 0.29) is 5.41 Å². The minimum atomic E-state index is 0.00478. The van der Waals surface area contributed by atoms with E-state index in [2.05, 4.69) is 17.6 Å². The highest BCUT2D eigenvalue weighted by atomic mass is 16.2. The summed E-state index contributed by atoms with van der Waals surface area (Å²) in [5.41, 5.74) is 0.00478. The monoisotopic (exact) mass is 238 g/mol. The molecule has 1 heterocycles. The minimum Gasteiger partial charge on any atom is -0.356 e. The van der Waals surface area contributed by atoms with Gasteiger partial charge in [0.2, 0.25) is 5.91 Å². The molecule has 1 saturated carbocycles. The lowest BCUT2D eigenvalue weighted by Crippen LogP contribution is -2.46. The van der Waals surface area contributed by atoms with Crippen molar-refractivity contribution in [1.82, 2.24) is 10.6 Å². The molecule has 1 aliphatic heterocycles. The van der Waals surface area contributed by atoms with Crippen LogP contribution in [0.2, 0.25) is 0 Å². The van der Waals surface area contributed by atoms with E-state index >= 15 is 0 Å². The summed E-state index contributed by atoms with van der Waals surface area (Å²) in [6.45, 7) is 5.31. The van der Waals surface area contributed by atoms with Crippen molar-refractivity contribution in [1.29, 1.82) is 0 Å². The predicted molar refractivity (Wildman–Crippen MR) is 69.8 cm³/mol. The summed E-state index contributed by atoms with van der Waals surface area (Å²) < 4.78 is 0. The van der Waals surface area contributed by atoms with Gasteiger partial charge in [-0.2, -0.15) is 0 Å². The van der Waals surface area contributed by atoms with Crippen LogP contribution in [0.4, 0.5) is 0 Å². The summed E-state index contributed by atoms with van der Waals surface area (Å²) in [6, 6.07) is 0. The van der Waals surface area contributed by atoms with E-state index < -0.39 is 0 Å². The van der Waals surface area contributed by atoms with Gasteiger partial charge in [0, 0.05) is 12.0 Å². The van der Waals surface area contributed by atoms with Crippen molar-refractivity contribution in [3.05, 3.63) is 0 Å². The lowest BCUT2D eigenvalue weighted by Gasteiger charge is -2.39. The molecule has 2 rings (SSSR count). The van der Waals surface area contributed by atoms with E-state index in [0.29, 0.717) is 5.91 Å². The molecule has 98 valence electrons. The van der Waals surface area contributed by atoms with Crippen LogP contribution in [0.25, 0.3) is 0 Å². The fourth-order valence-electron chi connectivity index (χ4n) is 3.09. The van der Waals surface area contributed by atoms with Crippen LogP contribution >= 0.6 is 0 Å². The van der Waals surface area contributed by atoms with Crippen LogP contribution in [0, 0.1) is 11.3 Å². The van der Waals surface area contributed by atoms with Gasteiger partial charge < -0.3 is 10.6 Å². The number of hydrogen-bond acceptors (Lipinski definition) is 2. The topological polar surface area (TPSA) is 41.1 Å². The number of hydrogen-bond donors (Lipinski definition) is 2. The molecule has 2 aliphatic rings. The Morgan fingerprint density at radius 1 is 1.41 bits per heavy atom. The Kier molecular flexibility index (Phi) is 4.43. The third-order valence-electron chi connectivity index (χ3n) is 4.71. The minimum absolute atomic E-state index is 0.00478. The SMILES string of the molecule is CCC1(C(=O)NCCC2CCCNC2)CCC1. The van der Waals surface area contributed by atoms with Gasteiger partial charge in [0.05, 0.1) is 0 Å². The summed E-state index contributed by atoms with van der Waals surface area (Å²) in [6.07, 6.45) is 8.18. The van der Waals surface area contributed by atoms with Gasteiger partial charge in [-0.25, -0.2) is 0 Å². The molecule has 0 spiro atoms. The summed E-state index contributed by atoms with van der Waals surface area (Å²) in [5.74, 6) is 1.08. The number of rotatable bonds is 5. The third-order valence-corrected chi connectivity index (χ3v) is 4.71. The molecule has 1 aliphatic carbocycles. The van der Waals surface area contributed by atoms with Gasteiger partial charge in [-0.15, -0.1) is 0 Å². The van der Waals surface area contributed by atoms with Crippen LogP contribution in [0.5, 0.6) is 0 Å². The third kappa shape index (κ3) is 3.01. The van der Waals surface area contributed by atoms with Gasteiger partial charge in [0.25, 0.3) is 0 Å². The molecule has 1 saturated heterocycles. The number of carbonyl (C=O) groups is 1. The Morgan fingerprint density at radius 3 is 2.76 bits per heavy atom. The molecule has 1 atom stereocenters. The van der Waals surface area contributed by atoms with Gasteiger partial charge in [-0.1, -0.05) is 13.3 Å². The molecule has 0 bridgehead atoms. The molecule has 0 aromatic carbocycles. The van der Waals surface area contributed by atoms with Crippen LogP contribution in [-0.2, 0) is 4.79 Å². The van der Waals surface area contributed by atoms with Crippen molar-refractivity contribution in [3.63, 3.8) is 0 Å². The predicted octanol–water partition coefficient (Wildman–Crippen LogP) is 2.07. The Bertz CT molecular complexity index is 249. The molecule has 1 amide bonds. The van der Waals surface area contributed by atoms with E-state index in [4.69, 9.17) is 0 Å². The molecular weight excluding hydrogens is 212 g/mol. The number of nitrogens with one attached hydrogen (secondary N) is 2. The molecule has 1 unspecified atom stereocenters. The first-order chi connectivity index (χ1) is 8.27. The highest BCUT2D eigenvalue weighted by Crippen LogP contribution is 2.43. The van der Waals surface area contributed by atoms with E-state index in [0.717, 1.165) is 44.7 Å². The standard InChI is InChI=1S/C14H26N2O/c1-2-14(7-4-8-14)13(17)16-10-6-12-5-3-9-15-11-12/h12,15H,2-11H2,1H3,(H,16,17). The number of carbonyl (C=O) groups excluding carboxylic acids is 1. The zero-order valence-corrected chi connectivity index (χ0v) is 11.1. The maximum absolute atomic E-state index is 12.1. The number of piperidine rings is 1. The molecule has 2 N–H and O–H groups in total. The zero-order chi connectivity index (χ0) is 12.1. The quantitative estimate of drug-likeness (QED) is 0.770. The summed E-state index contributed by atoms with van der Waals surface area (Å²) in [5, 5.41) is 6.58. The first kappa shape index (κ1) is 12.9. The Hall–Kier alpha value is -0.570. The average molecular weight is 238 g/mol. The normalized spacial score (nSPS) is 27.2. The van der Waals surface area contributed by atoms with Gasteiger partial charge >= 0.3 is 0 Å². The van der Waals surface area contributed by atoms with Crippen LogP contribution in [-0.4, -0.2) is 25.5 Å². The van der Waals surface area contributed by atoms with Crippen molar-refractivity contribution in [3.8, 4) is 0 Å². The van der Waals surface area contributed by atoms with E-state index in [1.165, 1.54) is 25.8 Å². The zero-order valence-electron chi connectivity index (χ0n) is 11.1. The maximum Gasteiger partial charge on any atom is 0.226 e. The first-order valence-corrected chi connectivity index (χ1v) is 7.26. The lowest BCUT2D eigenvalue weighted by atomic mass is 9.66. The van der Waals surface area contributed by atoms with Crippen molar-refractivity contribution < 1.29 is 4.79 Å². The van der Waals surface area contributed by atoms with Gasteiger partial charge in [-0.05, 0) is 57.5 Å². The van der Waals surface area contributed by atoms with Crippen LogP contribution in [0.15, 0.2) is 0 Å². The van der Waals surface area contributed by atoms with Gasteiger partial charge in [-0.3, -0.25) is 4.79 Å². The maximum atomic E-state index is 12.1. The van der Waals surface area contributed by atoms with Crippen LogP contribution in [0.1, 0.15) is 51.9 Å². The largest absolute Gasteiger partial charge is 0.356 e. The van der Waals surface area contributed by atoms with Crippen molar-refractivity contribution >= 4 is 5.91 Å². The summed E-state index contributed by atoms with van der Waals surface area (Å²) in [7, 11) is 0. The lowest BCUT2D eigenvalue weighted by molar-refractivity contribution is -0.136. The molecular formula is C14H26N2O. The molecule has 0 radical (unpaired) electrons. The number of amides is 1. The fraction of sp³-hybridized carbons (Fsp3) is 0.929. The van der Waals surface area contributed by atoms with E-state index in [9.17, 15) is 4.79 Å². The first-order valence-electron chi connectivity index (χ1n) is 7.26. The Labute approximate surface area is 105 Å². The smallest absolute Gasteiger partial charge is 0.226 e. The van der Waals surface area contributed by atoms with Crippen LogP contribution < -0.4 is 10.6 Å². The van der Waals surface area contributed by atoms with Gasteiger partial charge in [0.1, 0.15) is 0 Å². The van der Waals surface area contributed by atoms with E-state index in [1.54, 1.807) is 0 Å². The second kappa shape index (κ2) is 5.85. The Balaban J connectivity index is 1.65. The van der Waals surface area contributed by atoms with Crippen molar-refractivity contribution in [2.75, 3.05) is 19.6 Å². The van der Waals surface area contributed by atoms with Crippen LogP contribution in [0.3, 0.4) is 0 Å². The van der Waals surface area contributed by atoms with Gasteiger partial charge in [0.15, 0.2) is 0 Å². The van der Waals surface area contributed by atoms with Crippen molar-refractivity contribution in [2.24, 2.45) is 11.3 Å². The summed E-state index contributed by atoms with van der Waals surface area (Å²) >= 11 is 0. The fourth-order valence-corrected chi connectivity index (χ4v) is 3.09. The molecule has 2 fully saturated rings. The summed E-state index contributed by atoms with van der Waals surface area (Å²) in [4.78, 5) is 12.1. The highest BCUT2D eigenvalue weighted by molar-refractivity contribution is 5.83. The highest BCUT2D eigenvalue weighted by Gasteiger charge is 2.41. The molecule has 0 aromatic heterocycles. The molecule has 17 heavy (non-hydrogen) atoms. The van der Waals surface area contributed by atoms with E-state index in [1.807, 2.05) is 0 Å². The second-order valence-electron chi connectivity index (χ2n) is 5.74. The average Bonchev–Trinajstić information content (AvgIpc) is 2.30. The molecule has 3 nitrogen and oxygen atoms in total.